The van der Waals surface area contributed by atoms with Crippen molar-refractivity contribution in [2.24, 2.45) is 0 Å². The summed E-state index contributed by atoms with van der Waals surface area (Å²) in [5.41, 5.74) is 0. The van der Waals surface area contributed by atoms with Crippen LogP contribution < -0.4 is 0 Å². The summed E-state index contributed by atoms with van der Waals surface area (Å²) in [7, 11) is 0. The molecule has 4 nitrogen and oxygen atoms in total. The summed E-state index contributed by atoms with van der Waals surface area (Å²) < 4.78 is 4.59. The lowest BCUT2D eigenvalue weighted by molar-refractivity contribution is -0.136. The summed E-state index contributed by atoms with van der Waals surface area (Å²) in [5, 5.41) is 7.60. The predicted octanol–water partition coefficient (Wildman–Crippen LogP) is 2.91. The van der Waals surface area contributed by atoms with Gasteiger partial charge in [0.05, 0.1) is 0 Å². The van der Waals surface area contributed by atoms with Crippen molar-refractivity contribution >= 4 is 11.9 Å². The van der Waals surface area contributed by atoms with Gasteiger partial charge in [-0.1, -0.05) is 50.6 Å². The number of ether oxygens (including phenoxy) is 1. The molecular weight excluding hydrogens is 232 g/mol. The molecule has 0 rings (SSSR count). The molecule has 0 atom stereocenters. The number of aliphatic carboxylic acids is 1. The Balaban J connectivity index is -0.000000212. The first kappa shape index (κ1) is 21.0. The molecule has 4 heteroatoms. The molecule has 18 heavy (non-hydrogen) atoms. The zero-order valence-electron chi connectivity index (χ0n) is 10.7. The number of carboxylic acids is 1. The third kappa shape index (κ3) is 37.3. The Morgan fingerprint density at radius 1 is 1.11 bits per heavy atom. The highest BCUT2D eigenvalue weighted by Crippen LogP contribution is 1.79. The van der Waals surface area contributed by atoms with Gasteiger partial charge in [-0.3, -0.25) is 0 Å². The molecule has 0 radical (unpaired) electrons. The molecule has 0 aliphatic carbocycles. The highest BCUT2D eigenvalue weighted by molar-refractivity contribution is 5.81. The van der Waals surface area contributed by atoms with Gasteiger partial charge in [0.25, 0.3) is 0 Å². The van der Waals surface area contributed by atoms with Gasteiger partial charge in [0.2, 0.25) is 0 Å². The Bertz CT molecular complexity index is 295. The van der Waals surface area contributed by atoms with Crippen LogP contribution in [0.4, 0.5) is 0 Å². The number of carbonyl (C=O) groups is 2. The third-order valence-corrected chi connectivity index (χ3v) is 1.07. The van der Waals surface area contributed by atoms with E-state index in [1.807, 2.05) is 13.0 Å². The molecule has 0 fully saturated rings. The molecule has 100 valence electrons. The van der Waals surface area contributed by atoms with Crippen LogP contribution in [0.2, 0.25) is 0 Å². The van der Waals surface area contributed by atoms with Gasteiger partial charge in [-0.2, -0.15) is 0 Å². The van der Waals surface area contributed by atoms with Crippen molar-refractivity contribution in [3.05, 3.63) is 62.8 Å². The summed E-state index contributed by atoms with van der Waals surface area (Å²) in [6.07, 6.45) is 8.82. The van der Waals surface area contributed by atoms with Gasteiger partial charge in [-0.05, 0) is 6.92 Å². The lowest BCUT2D eigenvalue weighted by Crippen LogP contribution is -1.98. The number of hydrogen-bond donors (Lipinski definition) is 1. The standard InChI is InChI=1S/C7H10O2.C4H6.C3H4O2/c1-3-5-6-9-7(8)4-2;1-3-4-2;1-2-3(4)5/h3-5H,2,6H2,1H3;3-4H,1-2H2;2H,1H2,(H,4,5). The van der Waals surface area contributed by atoms with Crippen LogP contribution in [0.25, 0.3) is 0 Å². The van der Waals surface area contributed by atoms with Crippen molar-refractivity contribution in [3.63, 3.8) is 0 Å². The minimum Gasteiger partial charge on any atom is -0.478 e. The van der Waals surface area contributed by atoms with E-state index in [-0.39, 0.29) is 5.97 Å². The SMILES string of the molecule is C=CC(=O)O.C=CC(=O)OCC=CC.C=CC=C. The number of hydrogen-bond acceptors (Lipinski definition) is 3. The molecular formula is C14H20O4. The maximum atomic E-state index is 10.3. The van der Waals surface area contributed by atoms with Crippen LogP contribution in [0.5, 0.6) is 0 Å². The Morgan fingerprint density at radius 3 is 1.78 bits per heavy atom. The van der Waals surface area contributed by atoms with E-state index in [1.165, 1.54) is 0 Å². The van der Waals surface area contributed by atoms with Gasteiger partial charge in [-0.15, -0.1) is 0 Å². The maximum absolute atomic E-state index is 10.3. The van der Waals surface area contributed by atoms with Gasteiger partial charge in [0, 0.05) is 12.2 Å². The van der Waals surface area contributed by atoms with E-state index in [1.54, 1.807) is 18.2 Å². The van der Waals surface area contributed by atoms with Crippen molar-refractivity contribution < 1.29 is 19.4 Å². The summed E-state index contributed by atoms with van der Waals surface area (Å²) in [6, 6.07) is 0. The van der Waals surface area contributed by atoms with E-state index in [0.29, 0.717) is 6.61 Å². The lowest BCUT2D eigenvalue weighted by atomic mass is 10.5. The molecule has 0 aromatic rings. The first-order valence-corrected chi connectivity index (χ1v) is 4.99. The highest BCUT2D eigenvalue weighted by Gasteiger charge is 1.88. The van der Waals surface area contributed by atoms with Crippen LogP contribution in [-0.4, -0.2) is 23.7 Å². The van der Waals surface area contributed by atoms with Crippen LogP contribution in [-0.2, 0) is 14.3 Å². The normalized spacial score (nSPS) is 7.61. The quantitative estimate of drug-likeness (QED) is 0.353. The van der Waals surface area contributed by atoms with Gasteiger partial charge in [0.15, 0.2) is 0 Å². The smallest absolute Gasteiger partial charge is 0.330 e. The maximum Gasteiger partial charge on any atom is 0.330 e. The molecule has 0 saturated carbocycles. The van der Waals surface area contributed by atoms with E-state index < -0.39 is 5.97 Å². The second-order valence-corrected chi connectivity index (χ2v) is 2.42. The fraction of sp³-hybridized carbons (Fsp3) is 0.143. The Kier molecular flexibility index (Phi) is 23.4. The summed E-state index contributed by atoms with van der Waals surface area (Å²) in [4.78, 5) is 19.6. The van der Waals surface area contributed by atoms with Crippen LogP contribution >= 0.6 is 0 Å². The van der Waals surface area contributed by atoms with Gasteiger partial charge >= 0.3 is 11.9 Å². The molecule has 0 saturated heterocycles. The van der Waals surface area contributed by atoms with Gasteiger partial charge in [0.1, 0.15) is 6.61 Å². The molecule has 0 bridgehead atoms. The van der Waals surface area contributed by atoms with Crippen molar-refractivity contribution in [2.75, 3.05) is 6.61 Å². The second-order valence-electron chi connectivity index (χ2n) is 2.42. The molecule has 0 heterocycles. The minimum atomic E-state index is -0.981. The third-order valence-electron chi connectivity index (χ3n) is 1.07. The fourth-order valence-electron chi connectivity index (χ4n) is 0.285. The molecule has 0 unspecified atom stereocenters. The van der Waals surface area contributed by atoms with Gasteiger partial charge < -0.3 is 9.84 Å². The predicted molar refractivity (Wildman–Crippen MR) is 74.2 cm³/mol. The van der Waals surface area contributed by atoms with E-state index in [9.17, 15) is 9.59 Å². The van der Waals surface area contributed by atoms with Gasteiger partial charge in [-0.25, -0.2) is 9.59 Å². The second kappa shape index (κ2) is 20.1. The molecule has 0 spiro atoms. The van der Waals surface area contributed by atoms with E-state index in [0.717, 1.165) is 12.2 Å². The van der Waals surface area contributed by atoms with E-state index in [2.05, 4.69) is 31.1 Å². The first-order chi connectivity index (χ1) is 8.49. The summed E-state index contributed by atoms with van der Waals surface area (Å²) in [6.45, 7) is 15.1. The Hall–Kier alpha value is -2.36. The summed E-state index contributed by atoms with van der Waals surface area (Å²) in [5.74, 6) is -1.36. The van der Waals surface area contributed by atoms with Crippen LogP contribution in [0.1, 0.15) is 6.92 Å². The Labute approximate surface area is 108 Å². The largest absolute Gasteiger partial charge is 0.478 e. The van der Waals surface area contributed by atoms with Crippen molar-refractivity contribution in [2.45, 2.75) is 6.92 Å². The number of carbonyl (C=O) groups excluding carboxylic acids is 1. The molecule has 1 N–H and O–H groups in total. The monoisotopic (exact) mass is 252 g/mol. The molecule has 0 amide bonds. The fourth-order valence-corrected chi connectivity index (χ4v) is 0.285. The van der Waals surface area contributed by atoms with Crippen LogP contribution in [0.3, 0.4) is 0 Å². The molecule has 0 aliphatic heterocycles. The molecule has 0 aromatic carbocycles. The summed E-state index contributed by atoms with van der Waals surface area (Å²) >= 11 is 0. The lowest BCUT2D eigenvalue weighted by Gasteiger charge is -1.93. The zero-order valence-corrected chi connectivity index (χ0v) is 10.7. The van der Waals surface area contributed by atoms with Crippen molar-refractivity contribution in [1.29, 1.82) is 0 Å². The van der Waals surface area contributed by atoms with Crippen LogP contribution in [0.15, 0.2) is 62.8 Å². The number of carboxylic acid groups (broad SMARTS) is 1. The highest BCUT2D eigenvalue weighted by atomic mass is 16.5. The Morgan fingerprint density at radius 2 is 1.56 bits per heavy atom. The van der Waals surface area contributed by atoms with Crippen molar-refractivity contribution in [3.8, 4) is 0 Å². The number of allylic oxidation sites excluding steroid dienone is 3. The van der Waals surface area contributed by atoms with Crippen molar-refractivity contribution in [1.82, 2.24) is 0 Å². The molecule has 0 aromatic heterocycles. The topological polar surface area (TPSA) is 63.6 Å². The average Bonchev–Trinajstić information content (AvgIpc) is 2.39. The average molecular weight is 252 g/mol. The number of esters is 1. The number of rotatable bonds is 5. The molecule has 0 aliphatic rings. The van der Waals surface area contributed by atoms with E-state index in [4.69, 9.17) is 5.11 Å². The first-order valence-electron chi connectivity index (χ1n) is 4.99. The van der Waals surface area contributed by atoms with Crippen LogP contribution in [0, 0.1) is 0 Å². The zero-order chi connectivity index (χ0) is 14.8. The minimum absolute atomic E-state index is 0.335. The van der Waals surface area contributed by atoms with E-state index >= 15 is 0 Å².